The third-order valence-electron chi connectivity index (χ3n) is 5.85. The summed E-state index contributed by atoms with van der Waals surface area (Å²) in [5.41, 5.74) is 4.76. The average Bonchev–Trinajstić information content (AvgIpc) is 3.30. The van der Waals surface area contributed by atoms with Gasteiger partial charge in [0.15, 0.2) is 0 Å². The van der Waals surface area contributed by atoms with E-state index in [2.05, 4.69) is 15.3 Å². The molecule has 1 atom stereocenters. The van der Waals surface area contributed by atoms with Crippen LogP contribution < -0.4 is 5.32 Å². The Morgan fingerprint density at radius 1 is 1.25 bits per heavy atom. The SMILES string of the molecule is CNC(=O)C(CCC=O)N1Cc2cc(-c3nc(C)n(C)c3-c3cncnc3)ccc2C1=O. The number of hydrogen-bond acceptors (Lipinski definition) is 6. The van der Waals surface area contributed by atoms with E-state index < -0.39 is 6.04 Å². The molecule has 1 N–H and O–H groups in total. The number of aryl methyl sites for hydroxylation is 1. The first kappa shape index (κ1) is 21.4. The van der Waals surface area contributed by atoms with Gasteiger partial charge in [-0.3, -0.25) is 9.59 Å². The van der Waals surface area contributed by atoms with Crippen molar-refractivity contribution >= 4 is 18.1 Å². The van der Waals surface area contributed by atoms with Gasteiger partial charge >= 0.3 is 0 Å². The van der Waals surface area contributed by atoms with E-state index in [1.807, 2.05) is 30.7 Å². The van der Waals surface area contributed by atoms with Gasteiger partial charge in [-0.15, -0.1) is 0 Å². The predicted octanol–water partition coefficient (Wildman–Crippen LogP) is 1.90. The molecule has 0 radical (unpaired) electrons. The Hall–Kier alpha value is -3.88. The van der Waals surface area contributed by atoms with E-state index in [0.29, 0.717) is 12.1 Å². The van der Waals surface area contributed by atoms with Crippen LogP contribution in [-0.2, 0) is 23.2 Å². The van der Waals surface area contributed by atoms with Gasteiger partial charge in [-0.25, -0.2) is 15.0 Å². The molecule has 0 saturated carbocycles. The zero-order valence-electron chi connectivity index (χ0n) is 18.2. The fraction of sp³-hybridized carbons (Fsp3) is 0.304. The molecule has 164 valence electrons. The minimum atomic E-state index is -0.692. The Labute approximate surface area is 185 Å². The quantitative estimate of drug-likeness (QED) is 0.571. The average molecular weight is 432 g/mol. The van der Waals surface area contributed by atoms with Crippen LogP contribution in [0.4, 0.5) is 0 Å². The summed E-state index contributed by atoms with van der Waals surface area (Å²) in [6.45, 7) is 2.23. The number of aldehydes is 1. The topological polar surface area (TPSA) is 110 Å². The minimum absolute atomic E-state index is 0.208. The van der Waals surface area contributed by atoms with Crippen LogP contribution in [0.5, 0.6) is 0 Å². The van der Waals surface area contributed by atoms with Crippen molar-refractivity contribution in [1.82, 2.24) is 29.7 Å². The first-order chi connectivity index (χ1) is 15.5. The van der Waals surface area contributed by atoms with Gasteiger partial charge in [0.05, 0.1) is 11.4 Å². The number of nitrogens with zero attached hydrogens (tertiary/aromatic N) is 5. The van der Waals surface area contributed by atoms with Gasteiger partial charge in [0.2, 0.25) is 5.91 Å². The van der Waals surface area contributed by atoms with Crippen LogP contribution in [0.3, 0.4) is 0 Å². The van der Waals surface area contributed by atoms with Crippen molar-refractivity contribution < 1.29 is 14.4 Å². The van der Waals surface area contributed by atoms with Gasteiger partial charge in [0, 0.05) is 56.1 Å². The van der Waals surface area contributed by atoms with E-state index in [4.69, 9.17) is 4.98 Å². The summed E-state index contributed by atoms with van der Waals surface area (Å²) in [5, 5.41) is 2.60. The smallest absolute Gasteiger partial charge is 0.255 e. The molecule has 3 aromatic rings. The lowest BCUT2D eigenvalue weighted by Gasteiger charge is -2.25. The standard InChI is InChI=1S/C23H24N6O3/c1-14-27-20(21(28(14)3)17-10-25-13-26-11-17)15-6-7-18-16(9-15)12-29(23(18)32)19(5-4-8-30)22(31)24-2/h6-11,13,19H,4-5,12H2,1-3H3,(H,24,31). The maximum absolute atomic E-state index is 13.0. The summed E-state index contributed by atoms with van der Waals surface area (Å²) in [5.74, 6) is 0.352. The molecule has 3 heterocycles. The van der Waals surface area contributed by atoms with Crippen LogP contribution in [0.1, 0.15) is 34.6 Å². The molecule has 1 aliphatic heterocycles. The fourth-order valence-electron chi connectivity index (χ4n) is 4.13. The summed E-state index contributed by atoms with van der Waals surface area (Å²) >= 11 is 0. The lowest BCUT2D eigenvalue weighted by molar-refractivity contribution is -0.125. The number of carbonyl (C=O) groups excluding carboxylic acids is 3. The van der Waals surface area contributed by atoms with E-state index >= 15 is 0 Å². The number of hydrogen-bond donors (Lipinski definition) is 1. The van der Waals surface area contributed by atoms with E-state index in [1.54, 1.807) is 18.5 Å². The molecular formula is C23H24N6O3. The van der Waals surface area contributed by atoms with Gasteiger partial charge < -0.3 is 19.6 Å². The maximum Gasteiger partial charge on any atom is 0.255 e. The first-order valence-corrected chi connectivity index (χ1v) is 10.3. The molecule has 4 rings (SSSR count). The molecule has 2 amide bonds. The zero-order valence-corrected chi connectivity index (χ0v) is 18.2. The van der Waals surface area contributed by atoms with E-state index in [-0.39, 0.29) is 24.7 Å². The highest BCUT2D eigenvalue weighted by Crippen LogP contribution is 2.35. The second kappa shape index (κ2) is 8.70. The van der Waals surface area contributed by atoms with Gasteiger partial charge in [0.25, 0.3) is 5.91 Å². The number of aromatic nitrogens is 4. The molecule has 0 saturated heterocycles. The van der Waals surface area contributed by atoms with Crippen molar-refractivity contribution in [3.63, 3.8) is 0 Å². The summed E-state index contributed by atoms with van der Waals surface area (Å²) in [6.07, 6.45) is 6.22. The lowest BCUT2D eigenvalue weighted by Crippen LogP contribution is -2.46. The summed E-state index contributed by atoms with van der Waals surface area (Å²) in [6, 6.07) is 4.91. The van der Waals surface area contributed by atoms with Crippen LogP contribution in [0, 0.1) is 6.92 Å². The summed E-state index contributed by atoms with van der Waals surface area (Å²) in [4.78, 5) is 50.8. The number of benzene rings is 1. The summed E-state index contributed by atoms with van der Waals surface area (Å²) in [7, 11) is 3.47. The molecule has 2 aromatic heterocycles. The van der Waals surface area contributed by atoms with Crippen molar-refractivity contribution in [2.45, 2.75) is 32.4 Å². The lowest BCUT2D eigenvalue weighted by atomic mass is 10.0. The number of rotatable bonds is 7. The molecule has 9 nitrogen and oxygen atoms in total. The molecule has 1 unspecified atom stereocenters. The maximum atomic E-state index is 13.0. The van der Waals surface area contributed by atoms with E-state index in [1.165, 1.54) is 18.3 Å². The second-order valence-electron chi connectivity index (χ2n) is 7.72. The molecule has 0 fully saturated rings. The number of amides is 2. The zero-order chi connectivity index (χ0) is 22.8. The second-order valence-corrected chi connectivity index (χ2v) is 7.72. The normalized spacial score (nSPS) is 13.7. The highest BCUT2D eigenvalue weighted by Gasteiger charge is 2.36. The van der Waals surface area contributed by atoms with E-state index in [9.17, 15) is 14.4 Å². The van der Waals surface area contributed by atoms with Gasteiger partial charge in [0.1, 0.15) is 24.5 Å². The number of nitrogens with one attached hydrogen (secondary N) is 1. The molecule has 0 aliphatic carbocycles. The molecule has 0 bridgehead atoms. The van der Waals surface area contributed by atoms with Crippen LogP contribution in [-0.4, -0.2) is 55.6 Å². The van der Waals surface area contributed by atoms with Crippen LogP contribution >= 0.6 is 0 Å². The Bertz CT molecular complexity index is 1190. The highest BCUT2D eigenvalue weighted by atomic mass is 16.2. The van der Waals surface area contributed by atoms with Gasteiger partial charge in [-0.1, -0.05) is 6.07 Å². The molecule has 1 aromatic carbocycles. The Kier molecular flexibility index (Phi) is 5.81. The van der Waals surface area contributed by atoms with Gasteiger partial charge in [-0.05, 0) is 31.0 Å². The summed E-state index contributed by atoms with van der Waals surface area (Å²) < 4.78 is 1.99. The highest BCUT2D eigenvalue weighted by molar-refractivity contribution is 6.01. The number of likely N-dealkylation sites (N-methyl/N-ethyl adjacent to an activating group) is 1. The largest absolute Gasteiger partial charge is 0.357 e. The monoisotopic (exact) mass is 432 g/mol. The van der Waals surface area contributed by atoms with Crippen molar-refractivity contribution in [2.24, 2.45) is 7.05 Å². The van der Waals surface area contributed by atoms with Crippen LogP contribution in [0.25, 0.3) is 22.5 Å². The van der Waals surface area contributed by atoms with Gasteiger partial charge in [-0.2, -0.15) is 0 Å². The first-order valence-electron chi connectivity index (χ1n) is 10.3. The molecule has 32 heavy (non-hydrogen) atoms. The third-order valence-corrected chi connectivity index (χ3v) is 5.85. The number of carbonyl (C=O) groups is 3. The number of fused-ring (bicyclic) bond motifs is 1. The van der Waals surface area contributed by atoms with Crippen molar-refractivity contribution in [3.05, 3.63) is 53.9 Å². The Balaban J connectivity index is 1.72. The fourth-order valence-corrected chi connectivity index (χ4v) is 4.13. The van der Waals surface area contributed by atoms with Crippen LogP contribution in [0.2, 0.25) is 0 Å². The Morgan fingerprint density at radius 3 is 2.69 bits per heavy atom. The van der Waals surface area contributed by atoms with Crippen LogP contribution in [0.15, 0.2) is 36.9 Å². The van der Waals surface area contributed by atoms with Crippen molar-refractivity contribution in [2.75, 3.05) is 7.05 Å². The predicted molar refractivity (Wildman–Crippen MR) is 117 cm³/mol. The third kappa shape index (κ3) is 3.66. The minimum Gasteiger partial charge on any atom is -0.357 e. The van der Waals surface area contributed by atoms with E-state index in [0.717, 1.165) is 40.2 Å². The number of imidazole rings is 1. The molecule has 1 aliphatic rings. The van der Waals surface area contributed by atoms with Crippen molar-refractivity contribution in [3.8, 4) is 22.5 Å². The molecule has 9 heteroatoms. The molecule has 0 spiro atoms. The van der Waals surface area contributed by atoms with Crippen molar-refractivity contribution in [1.29, 1.82) is 0 Å². The molecular weight excluding hydrogens is 408 g/mol. The Morgan fingerprint density at radius 2 is 2.00 bits per heavy atom.